The zero-order chi connectivity index (χ0) is 16.4. The van der Waals surface area contributed by atoms with Crippen LogP contribution in [0.25, 0.3) is 0 Å². The Morgan fingerprint density at radius 3 is 2.33 bits per heavy atom. The van der Waals surface area contributed by atoms with Gasteiger partial charge in [0.15, 0.2) is 0 Å². The van der Waals surface area contributed by atoms with E-state index in [0.29, 0.717) is 19.6 Å². The Kier molecular flexibility index (Phi) is 5.42. The highest BCUT2D eigenvalue weighted by Gasteiger charge is 2.47. The second-order valence-electron chi connectivity index (χ2n) is 7.32. The minimum atomic E-state index is -0.801. The van der Waals surface area contributed by atoms with Crippen molar-refractivity contribution in [2.75, 3.05) is 13.2 Å². The molecule has 2 amide bonds. The van der Waals surface area contributed by atoms with Crippen LogP contribution >= 0.6 is 0 Å². The van der Waals surface area contributed by atoms with E-state index in [-0.39, 0.29) is 23.3 Å². The molecule has 5 heteroatoms. The molecule has 1 N–H and O–H groups in total. The lowest BCUT2D eigenvalue weighted by atomic mass is 9.88. The maximum absolute atomic E-state index is 12.7. The molecule has 2 atom stereocenters. The van der Waals surface area contributed by atoms with Crippen LogP contribution in [0.3, 0.4) is 0 Å². The largest absolute Gasteiger partial charge is 0.374 e. The summed E-state index contributed by atoms with van der Waals surface area (Å²) in [4.78, 5) is 26.8. The van der Waals surface area contributed by atoms with Gasteiger partial charge in [0.2, 0.25) is 11.8 Å². The van der Waals surface area contributed by atoms with Crippen molar-refractivity contribution >= 4 is 11.8 Å². The van der Waals surface area contributed by atoms with Crippen molar-refractivity contribution in [3.63, 3.8) is 0 Å². The topological polar surface area (TPSA) is 58.6 Å². The van der Waals surface area contributed by atoms with Crippen LogP contribution in [-0.4, -0.2) is 47.0 Å². The number of ether oxygens (including phenoxy) is 1. The summed E-state index contributed by atoms with van der Waals surface area (Å²) in [5.41, 5.74) is -1.05. The molecule has 0 aromatic rings. The summed E-state index contributed by atoms with van der Waals surface area (Å²) in [6.45, 7) is 14.5. The maximum atomic E-state index is 12.7. The minimum absolute atomic E-state index is 0.0131. The van der Waals surface area contributed by atoms with Crippen molar-refractivity contribution < 1.29 is 14.3 Å². The van der Waals surface area contributed by atoms with Gasteiger partial charge in [0.1, 0.15) is 11.6 Å². The third-order valence-corrected chi connectivity index (χ3v) is 3.94. The second kappa shape index (κ2) is 6.34. The van der Waals surface area contributed by atoms with Crippen LogP contribution in [0.5, 0.6) is 0 Å². The fourth-order valence-electron chi connectivity index (χ4n) is 2.58. The van der Waals surface area contributed by atoms with Crippen LogP contribution < -0.4 is 5.32 Å². The highest BCUT2D eigenvalue weighted by atomic mass is 16.5. The first-order chi connectivity index (χ1) is 9.52. The standard InChI is InChI=1S/C16H30N2O3/c1-8-16(7)14(20)18(9-10-21-15(4,5)6)12(11(2)3)13(19)17-16/h11-12H,8-10H2,1-7H3,(H,17,19). The number of carbonyl (C=O) groups excluding carboxylic acids is 2. The highest BCUT2D eigenvalue weighted by Crippen LogP contribution is 2.25. The summed E-state index contributed by atoms with van der Waals surface area (Å²) in [5.74, 6) is -0.00416. The first-order valence-corrected chi connectivity index (χ1v) is 7.79. The van der Waals surface area contributed by atoms with Gasteiger partial charge >= 0.3 is 0 Å². The Bertz CT molecular complexity index is 401. The fraction of sp³-hybridized carbons (Fsp3) is 0.875. The Morgan fingerprint density at radius 1 is 1.33 bits per heavy atom. The summed E-state index contributed by atoms with van der Waals surface area (Å²) in [7, 11) is 0. The summed E-state index contributed by atoms with van der Waals surface area (Å²) in [5, 5.41) is 2.89. The number of hydrogen-bond acceptors (Lipinski definition) is 3. The lowest BCUT2D eigenvalue weighted by Gasteiger charge is -2.45. The normalized spacial score (nSPS) is 27.2. The lowest BCUT2D eigenvalue weighted by molar-refractivity contribution is -0.158. The molecule has 1 aliphatic heterocycles. The third kappa shape index (κ3) is 4.19. The maximum Gasteiger partial charge on any atom is 0.248 e. The van der Waals surface area contributed by atoms with E-state index in [2.05, 4.69) is 5.32 Å². The Hall–Kier alpha value is -1.10. The summed E-state index contributed by atoms with van der Waals surface area (Å²) >= 11 is 0. The predicted octanol–water partition coefficient (Wildman–Crippen LogP) is 1.95. The van der Waals surface area contributed by atoms with Crippen LogP contribution in [-0.2, 0) is 14.3 Å². The molecule has 0 saturated carbocycles. The van der Waals surface area contributed by atoms with E-state index in [4.69, 9.17) is 4.74 Å². The van der Waals surface area contributed by atoms with Gasteiger partial charge < -0.3 is 15.0 Å². The zero-order valence-electron chi connectivity index (χ0n) is 14.4. The lowest BCUT2D eigenvalue weighted by Crippen LogP contribution is -2.70. The molecule has 122 valence electrons. The van der Waals surface area contributed by atoms with Gasteiger partial charge in [-0.05, 0) is 40.0 Å². The van der Waals surface area contributed by atoms with Gasteiger partial charge in [-0.1, -0.05) is 20.8 Å². The van der Waals surface area contributed by atoms with Gasteiger partial charge in [0.25, 0.3) is 0 Å². The van der Waals surface area contributed by atoms with E-state index < -0.39 is 11.6 Å². The van der Waals surface area contributed by atoms with Crippen molar-refractivity contribution in [2.24, 2.45) is 5.92 Å². The molecular weight excluding hydrogens is 268 g/mol. The summed E-state index contributed by atoms with van der Waals surface area (Å²) in [6, 6.07) is -0.416. The van der Waals surface area contributed by atoms with Gasteiger partial charge in [0, 0.05) is 6.54 Å². The quantitative estimate of drug-likeness (QED) is 0.844. The average Bonchev–Trinajstić information content (AvgIpc) is 2.33. The highest BCUT2D eigenvalue weighted by molar-refractivity contribution is 5.99. The molecular formula is C16H30N2O3. The first-order valence-electron chi connectivity index (χ1n) is 7.79. The van der Waals surface area contributed by atoms with E-state index in [1.165, 1.54) is 0 Å². The van der Waals surface area contributed by atoms with Crippen molar-refractivity contribution in [3.8, 4) is 0 Å². The molecule has 2 unspecified atom stereocenters. The molecule has 0 spiro atoms. The van der Waals surface area contributed by atoms with Crippen LogP contribution in [0.2, 0.25) is 0 Å². The predicted molar refractivity (Wildman–Crippen MR) is 82.9 cm³/mol. The van der Waals surface area contributed by atoms with E-state index >= 15 is 0 Å². The van der Waals surface area contributed by atoms with Gasteiger partial charge in [-0.25, -0.2) is 0 Å². The van der Waals surface area contributed by atoms with E-state index in [0.717, 1.165) is 0 Å². The van der Waals surface area contributed by atoms with E-state index in [1.807, 2.05) is 41.5 Å². The zero-order valence-corrected chi connectivity index (χ0v) is 14.4. The molecule has 0 aromatic heterocycles. The molecule has 0 radical (unpaired) electrons. The average molecular weight is 298 g/mol. The molecule has 21 heavy (non-hydrogen) atoms. The SMILES string of the molecule is CCC1(C)NC(=O)C(C(C)C)N(CCOC(C)(C)C)C1=O. The van der Waals surface area contributed by atoms with Crippen molar-refractivity contribution in [1.29, 1.82) is 0 Å². The number of nitrogens with zero attached hydrogens (tertiary/aromatic N) is 1. The van der Waals surface area contributed by atoms with Gasteiger partial charge in [-0.3, -0.25) is 9.59 Å². The van der Waals surface area contributed by atoms with Crippen molar-refractivity contribution in [2.45, 2.75) is 72.1 Å². The van der Waals surface area contributed by atoms with Gasteiger partial charge in [-0.2, -0.15) is 0 Å². The number of rotatable bonds is 5. The number of carbonyl (C=O) groups is 2. The molecule has 1 rings (SSSR count). The number of nitrogens with one attached hydrogen (secondary N) is 1. The number of piperazine rings is 1. The van der Waals surface area contributed by atoms with Crippen LogP contribution in [0.4, 0.5) is 0 Å². The van der Waals surface area contributed by atoms with Crippen molar-refractivity contribution in [3.05, 3.63) is 0 Å². The third-order valence-electron chi connectivity index (χ3n) is 3.94. The Morgan fingerprint density at radius 2 is 1.90 bits per heavy atom. The first kappa shape index (κ1) is 18.0. The number of hydrogen-bond donors (Lipinski definition) is 1. The molecule has 0 aromatic carbocycles. The van der Waals surface area contributed by atoms with E-state index in [9.17, 15) is 9.59 Å². The second-order valence-corrected chi connectivity index (χ2v) is 7.32. The molecule has 0 aliphatic carbocycles. The molecule has 1 heterocycles. The van der Waals surface area contributed by atoms with Gasteiger partial charge in [-0.15, -0.1) is 0 Å². The Labute approximate surface area is 128 Å². The summed E-state index contributed by atoms with van der Waals surface area (Å²) < 4.78 is 5.72. The smallest absolute Gasteiger partial charge is 0.248 e. The van der Waals surface area contributed by atoms with Gasteiger partial charge in [0.05, 0.1) is 12.2 Å². The Balaban J connectivity index is 2.91. The molecule has 0 bridgehead atoms. The molecule has 5 nitrogen and oxygen atoms in total. The fourth-order valence-corrected chi connectivity index (χ4v) is 2.58. The van der Waals surface area contributed by atoms with Crippen LogP contribution in [0.1, 0.15) is 54.9 Å². The van der Waals surface area contributed by atoms with Crippen LogP contribution in [0, 0.1) is 5.92 Å². The van der Waals surface area contributed by atoms with Crippen LogP contribution in [0.15, 0.2) is 0 Å². The monoisotopic (exact) mass is 298 g/mol. The van der Waals surface area contributed by atoms with E-state index in [1.54, 1.807) is 11.8 Å². The number of amides is 2. The molecule has 1 fully saturated rings. The minimum Gasteiger partial charge on any atom is -0.374 e. The summed E-state index contributed by atoms with van der Waals surface area (Å²) in [6.07, 6.45) is 0.582. The molecule has 1 saturated heterocycles. The molecule has 1 aliphatic rings. The van der Waals surface area contributed by atoms with Crippen molar-refractivity contribution in [1.82, 2.24) is 10.2 Å².